The number of rotatable bonds is 13. The van der Waals surface area contributed by atoms with E-state index in [-0.39, 0.29) is 5.78 Å². The molecule has 0 amide bonds. The molecule has 0 bridgehead atoms. The summed E-state index contributed by atoms with van der Waals surface area (Å²) in [5.41, 5.74) is 2.06. The van der Waals surface area contributed by atoms with Crippen molar-refractivity contribution in [2.24, 2.45) is 10.8 Å². The molecule has 1 fully saturated rings. The Balaban J connectivity index is 2.25. The molecule has 1 unspecified atom stereocenters. The first-order chi connectivity index (χ1) is 15.2. The van der Waals surface area contributed by atoms with Crippen molar-refractivity contribution in [1.82, 2.24) is 0 Å². The summed E-state index contributed by atoms with van der Waals surface area (Å²) in [6.45, 7) is 10.2. The van der Waals surface area contributed by atoms with Crippen LogP contribution in [0.2, 0.25) is 0 Å². The van der Waals surface area contributed by atoms with E-state index in [1.54, 1.807) is 0 Å². The van der Waals surface area contributed by atoms with Crippen molar-refractivity contribution in [3.8, 4) is 0 Å². The zero-order valence-electron chi connectivity index (χ0n) is 21.3. The van der Waals surface area contributed by atoms with Crippen LogP contribution >= 0.6 is 0 Å². The van der Waals surface area contributed by atoms with Crippen LogP contribution in [0.5, 0.6) is 0 Å². The Morgan fingerprint density at radius 1 is 0.875 bits per heavy atom. The summed E-state index contributed by atoms with van der Waals surface area (Å²) in [7, 11) is 0. The monoisotopic (exact) mass is 442 g/mol. The quantitative estimate of drug-likeness (QED) is 0.246. The molecule has 0 spiro atoms. The van der Waals surface area contributed by atoms with Crippen LogP contribution in [0.1, 0.15) is 131 Å². The number of hydrogen-bond donors (Lipinski definition) is 1. The third kappa shape index (κ3) is 5.83. The number of carbonyl (C=O) groups is 2. The van der Waals surface area contributed by atoms with Gasteiger partial charge in [-0.15, -0.1) is 0 Å². The Kier molecular flexibility index (Phi) is 9.98. The molecule has 3 heteroatoms. The Morgan fingerprint density at radius 3 is 1.88 bits per heavy atom. The molecule has 1 atom stereocenters. The largest absolute Gasteiger partial charge is 0.481 e. The summed E-state index contributed by atoms with van der Waals surface area (Å²) in [5.74, 6) is -0.713. The summed E-state index contributed by atoms with van der Waals surface area (Å²) in [4.78, 5) is 27.0. The molecule has 0 aliphatic heterocycles. The molecule has 1 saturated carbocycles. The molecule has 0 heterocycles. The first-order valence-electron chi connectivity index (χ1n) is 13.1. The van der Waals surface area contributed by atoms with Gasteiger partial charge in [-0.1, -0.05) is 95.2 Å². The number of benzene rings is 1. The molecule has 1 aliphatic carbocycles. The van der Waals surface area contributed by atoms with Crippen molar-refractivity contribution in [3.63, 3.8) is 0 Å². The molecule has 180 valence electrons. The van der Waals surface area contributed by atoms with Crippen LogP contribution < -0.4 is 0 Å². The predicted molar refractivity (Wildman–Crippen MR) is 133 cm³/mol. The number of carboxylic acid groups (broad SMARTS) is 1. The molecule has 1 aromatic carbocycles. The van der Waals surface area contributed by atoms with Crippen LogP contribution in [0, 0.1) is 31.6 Å². The fraction of sp³-hybridized carbons (Fsp3) is 0.724. The molecule has 2 rings (SSSR count). The van der Waals surface area contributed by atoms with Crippen LogP contribution in [0.25, 0.3) is 0 Å². The Bertz CT molecular complexity index is 750. The molecule has 0 aromatic heterocycles. The number of aryl methyl sites for hydroxylation is 3. The number of aliphatic carboxylic acids is 1. The van der Waals surface area contributed by atoms with Crippen molar-refractivity contribution >= 4 is 11.8 Å². The van der Waals surface area contributed by atoms with Gasteiger partial charge in [-0.3, -0.25) is 9.59 Å². The van der Waals surface area contributed by atoms with Crippen molar-refractivity contribution < 1.29 is 14.7 Å². The lowest BCUT2D eigenvalue weighted by molar-refractivity contribution is -0.157. The van der Waals surface area contributed by atoms with Gasteiger partial charge in [0.15, 0.2) is 5.78 Å². The fourth-order valence-corrected chi connectivity index (χ4v) is 6.13. The Labute approximate surface area is 196 Å². The van der Waals surface area contributed by atoms with Gasteiger partial charge in [-0.05, 0) is 58.1 Å². The summed E-state index contributed by atoms with van der Waals surface area (Å²) in [6.07, 6.45) is 14.4. The number of Topliss-reactive ketones (excluding diaryl/α,β-unsaturated/α-hetero) is 1. The average molecular weight is 443 g/mol. The van der Waals surface area contributed by atoms with E-state index >= 15 is 0 Å². The van der Waals surface area contributed by atoms with Gasteiger partial charge in [-0.2, -0.15) is 0 Å². The maximum absolute atomic E-state index is 14.2. The number of carbonyl (C=O) groups excluding carboxylic acids is 1. The van der Waals surface area contributed by atoms with Gasteiger partial charge < -0.3 is 5.11 Å². The molecule has 1 N–H and O–H groups in total. The standard InChI is InChI=1S/C29H46O3/c1-6-7-8-9-10-11-12-14-17-28(5,27(31)32)29(18-15-13-16-19-29)26(30)25-23(3)20-22(2)21-24(25)4/h20-21H,6-19H2,1-5H3,(H,31,32). The fourth-order valence-electron chi connectivity index (χ4n) is 6.13. The minimum Gasteiger partial charge on any atom is -0.481 e. The van der Waals surface area contributed by atoms with E-state index in [4.69, 9.17) is 0 Å². The highest BCUT2D eigenvalue weighted by atomic mass is 16.4. The zero-order chi connectivity index (χ0) is 23.8. The second-order valence-corrected chi connectivity index (χ2v) is 10.6. The molecule has 0 saturated heterocycles. The number of hydrogen-bond acceptors (Lipinski definition) is 2. The second kappa shape index (κ2) is 12.0. The lowest BCUT2D eigenvalue weighted by Crippen LogP contribution is -2.52. The molecular formula is C29H46O3. The maximum Gasteiger partial charge on any atom is 0.310 e. The molecule has 32 heavy (non-hydrogen) atoms. The van der Waals surface area contributed by atoms with E-state index in [1.807, 2.05) is 27.7 Å². The van der Waals surface area contributed by atoms with E-state index < -0.39 is 16.8 Å². The van der Waals surface area contributed by atoms with E-state index in [1.165, 1.54) is 32.1 Å². The first-order valence-corrected chi connectivity index (χ1v) is 13.1. The predicted octanol–water partition coefficient (Wildman–Crippen LogP) is 8.37. The highest BCUT2D eigenvalue weighted by Crippen LogP contribution is 2.55. The van der Waals surface area contributed by atoms with Crippen LogP contribution in [0.15, 0.2) is 12.1 Å². The Morgan fingerprint density at radius 2 is 1.38 bits per heavy atom. The number of carboxylic acids is 1. The second-order valence-electron chi connectivity index (χ2n) is 10.6. The van der Waals surface area contributed by atoms with Gasteiger partial charge in [0, 0.05) is 11.0 Å². The van der Waals surface area contributed by atoms with Crippen molar-refractivity contribution in [2.75, 3.05) is 0 Å². The molecule has 1 aliphatic rings. The smallest absolute Gasteiger partial charge is 0.310 e. The van der Waals surface area contributed by atoms with E-state index in [9.17, 15) is 14.7 Å². The third-order valence-corrected chi connectivity index (χ3v) is 8.10. The van der Waals surface area contributed by atoms with Crippen molar-refractivity contribution in [1.29, 1.82) is 0 Å². The van der Waals surface area contributed by atoms with Crippen molar-refractivity contribution in [3.05, 3.63) is 34.4 Å². The lowest BCUT2D eigenvalue weighted by Gasteiger charge is -2.48. The lowest BCUT2D eigenvalue weighted by atomic mass is 9.53. The van der Waals surface area contributed by atoms with Crippen LogP contribution in [-0.2, 0) is 4.79 Å². The molecular weight excluding hydrogens is 396 g/mol. The molecule has 0 radical (unpaired) electrons. The van der Waals surface area contributed by atoms with Gasteiger partial charge in [-0.25, -0.2) is 0 Å². The highest BCUT2D eigenvalue weighted by Gasteiger charge is 2.57. The summed E-state index contributed by atoms with van der Waals surface area (Å²) >= 11 is 0. The SMILES string of the molecule is CCCCCCCCCCC(C)(C(=O)O)C1(C(=O)c2c(C)cc(C)cc2C)CCCCC1. The number of unbranched alkanes of at least 4 members (excludes halogenated alkanes) is 7. The summed E-state index contributed by atoms with van der Waals surface area (Å²) in [5, 5.41) is 10.5. The van der Waals surface area contributed by atoms with Crippen molar-refractivity contribution in [2.45, 2.75) is 125 Å². The van der Waals surface area contributed by atoms with Gasteiger partial charge in [0.1, 0.15) is 0 Å². The van der Waals surface area contributed by atoms with E-state index in [2.05, 4.69) is 19.1 Å². The average Bonchev–Trinajstić information content (AvgIpc) is 2.74. The van der Waals surface area contributed by atoms with Gasteiger partial charge in [0.2, 0.25) is 0 Å². The molecule has 3 nitrogen and oxygen atoms in total. The third-order valence-electron chi connectivity index (χ3n) is 8.10. The van der Waals surface area contributed by atoms with Crippen LogP contribution in [0.3, 0.4) is 0 Å². The summed E-state index contributed by atoms with van der Waals surface area (Å²) in [6, 6.07) is 4.13. The number of ketones is 1. The first kappa shape index (κ1) is 26.6. The van der Waals surface area contributed by atoms with Crippen LogP contribution in [0.4, 0.5) is 0 Å². The van der Waals surface area contributed by atoms with Gasteiger partial charge >= 0.3 is 5.97 Å². The minimum atomic E-state index is -1.02. The summed E-state index contributed by atoms with van der Waals surface area (Å²) < 4.78 is 0. The van der Waals surface area contributed by atoms with E-state index in [0.717, 1.165) is 60.8 Å². The van der Waals surface area contributed by atoms with Gasteiger partial charge in [0.25, 0.3) is 0 Å². The zero-order valence-corrected chi connectivity index (χ0v) is 21.3. The van der Waals surface area contributed by atoms with Gasteiger partial charge in [0.05, 0.1) is 5.41 Å². The Hall–Kier alpha value is -1.64. The van der Waals surface area contributed by atoms with E-state index in [0.29, 0.717) is 19.3 Å². The molecule has 1 aromatic rings. The topological polar surface area (TPSA) is 54.4 Å². The normalized spacial score (nSPS) is 17.7. The highest BCUT2D eigenvalue weighted by molar-refractivity contribution is 6.05. The maximum atomic E-state index is 14.2. The van der Waals surface area contributed by atoms with Crippen LogP contribution in [-0.4, -0.2) is 16.9 Å². The minimum absolute atomic E-state index is 0.0802.